The fourth-order valence-electron chi connectivity index (χ4n) is 2.05. The number of amides is 2. The monoisotopic (exact) mass is 294 g/mol. The van der Waals surface area contributed by atoms with Crippen LogP contribution in [0.3, 0.4) is 0 Å². The highest BCUT2D eigenvalue weighted by atomic mass is 16.5. The lowest BCUT2D eigenvalue weighted by molar-refractivity contribution is -0.144. The van der Waals surface area contributed by atoms with Crippen molar-refractivity contribution in [2.75, 3.05) is 25.1 Å². The lowest BCUT2D eigenvalue weighted by Gasteiger charge is -2.36. The molecule has 0 radical (unpaired) electrons. The van der Waals surface area contributed by atoms with Gasteiger partial charge in [-0.15, -0.1) is 0 Å². The van der Waals surface area contributed by atoms with Gasteiger partial charge in [-0.25, -0.2) is 9.59 Å². The molecule has 0 spiro atoms. The molecule has 2 unspecified atom stereocenters. The topological polar surface area (TPSA) is 90.3 Å². The van der Waals surface area contributed by atoms with Crippen LogP contribution in [-0.2, 0) is 4.79 Å². The Labute approximate surface area is 122 Å². The lowest BCUT2D eigenvalue weighted by atomic mass is 10.2. The Balaban J connectivity index is 2.33. The molecule has 1 heterocycles. The molecule has 1 aliphatic heterocycles. The number of hydrogen-bond acceptors (Lipinski definition) is 4. The fourth-order valence-corrected chi connectivity index (χ4v) is 2.05. The van der Waals surface area contributed by atoms with Crippen LogP contribution in [0, 0.1) is 0 Å². The van der Waals surface area contributed by atoms with Crippen LogP contribution in [0.15, 0.2) is 24.3 Å². The van der Waals surface area contributed by atoms with Gasteiger partial charge < -0.3 is 19.8 Å². The number of benzene rings is 1. The molecule has 2 amide bonds. The Bertz CT molecular complexity index is 548. The zero-order valence-corrected chi connectivity index (χ0v) is 11.9. The van der Waals surface area contributed by atoms with E-state index in [4.69, 9.17) is 14.9 Å². The zero-order chi connectivity index (χ0) is 15.6. The Kier molecular flexibility index (Phi) is 4.32. The summed E-state index contributed by atoms with van der Waals surface area (Å²) in [6.07, 6.45) is -1.11. The Hall–Kier alpha value is -2.28. The molecule has 2 atom stereocenters. The van der Waals surface area contributed by atoms with Crippen molar-refractivity contribution >= 4 is 17.7 Å². The number of carboxylic acid groups (broad SMARTS) is 1. The minimum atomic E-state index is -1.12. The van der Waals surface area contributed by atoms with Gasteiger partial charge in [0.1, 0.15) is 5.75 Å². The number of para-hydroxylation sites is 2. The third kappa shape index (κ3) is 2.92. The van der Waals surface area contributed by atoms with Gasteiger partial charge in [0, 0.05) is 7.05 Å². The van der Waals surface area contributed by atoms with Crippen LogP contribution in [0.2, 0.25) is 0 Å². The maximum atomic E-state index is 12.5. The number of likely N-dealkylation sites (N-methyl/N-ethyl adjacent to an activating group) is 1. The summed E-state index contributed by atoms with van der Waals surface area (Å²) in [7, 11) is 1.57. The predicted molar refractivity (Wildman–Crippen MR) is 75.5 cm³/mol. The molecule has 1 aromatic rings. The molecule has 0 aliphatic carbocycles. The highest BCUT2D eigenvalue weighted by Gasteiger charge is 2.35. The predicted octanol–water partition coefficient (Wildman–Crippen LogP) is 0.771. The summed E-state index contributed by atoms with van der Waals surface area (Å²) in [6.45, 7) is 1.46. The van der Waals surface area contributed by atoms with Crippen molar-refractivity contribution in [2.45, 2.75) is 19.1 Å². The van der Waals surface area contributed by atoms with E-state index in [1.54, 1.807) is 38.2 Å². The summed E-state index contributed by atoms with van der Waals surface area (Å²) in [5.41, 5.74) is 0.525. The average Bonchev–Trinajstić information content (AvgIpc) is 2.51. The van der Waals surface area contributed by atoms with Crippen LogP contribution in [0.25, 0.3) is 0 Å². The third-order valence-corrected chi connectivity index (χ3v) is 3.51. The molecular weight excluding hydrogens is 276 g/mol. The summed E-state index contributed by atoms with van der Waals surface area (Å²) in [4.78, 5) is 26.4. The highest BCUT2D eigenvalue weighted by molar-refractivity contribution is 5.95. The van der Waals surface area contributed by atoms with Gasteiger partial charge in [0.2, 0.25) is 6.10 Å². The number of ether oxygens (including phenoxy) is 1. The van der Waals surface area contributed by atoms with Gasteiger partial charge >= 0.3 is 12.0 Å². The average molecular weight is 294 g/mol. The Morgan fingerprint density at radius 2 is 2.14 bits per heavy atom. The van der Waals surface area contributed by atoms with Crippen LogP contribution in [0.5, 0.6) is 5.75 Å². The minimum Gasteiger partial charge on any atom is -0.478 e. The van der Waals surface area contributed by atoms with Crippen molar-refractivity contribution in [3.63, 3.8) is 0 Å². The summed E-state index contributed by atoms with van der Waals surface area (Å²) < 4.78 is 5.38. The lowest BCUT2D eigenvalue weighted by Crippen LogP contribution is -2.53. The van der Waals surface area contributed by atoms with Crippen molar-refractivity contribution in [2.24, 2.45) is 0 Å². The second-order valence-electron chi connectivity index (χ2n) is 4.95. The fraction of sp³-hybridized carbons (Fsp3) is 0.429. The second kappa shape index (κ2) is 6.01. The Morgan fingerprint density at radius 1 is 1.48 bits per heavy atom. The first-order chi connectivity index (χ1) is 9.95. The molecule has 0 saturated carbocycles. The van der Waals surface area contributed by atoms with E-state index in [-0.39, 0.29) is 25.2 Å². The number of rotatable bonds is 3. The number of carbonyl (C=O) groups excluding carboxylic acids is 1. The molecule has 0 fully saturated rings. The van der Waals surface area contributed by atoms with Crippen LogP contribution < -0.4 is 9.64 Å². The van der Waals surface area contributed by atoms with Crippen molar-refractivity contribution in [3.05, 3.63) is 24.3 Å². The summed E-state index contributed by atoms with van der Waals surface area (Å²) in [5, 5.41) is 18.3. The molecule has 2 rings (SSSR count). The summed E-state index contributed by atoms with van der Waals surface area (Å²) in [6, 6.07) is 6.04. The molecule has 1 aromatic carbocycles. The molecule has 2 N–H and O–H groups in total. The van der Waals surface area contributed by atoms with Crippen LogP contribution >= 0.6 is 0 Å². The number of fused-ring (bicyclic) bond motifs is 1. The Morgan fingerprint density at radius 3 is 2.76 bits per heavy atom. The molecule has 0 saturated heterocycles. The minimum absolute atomic E-state index is 0.0757. The normalized spacial score (nSPS) is 18.4. The van der Waals surface area contributed by atoms with Gasteiger partial charge in [0.15, 0.2) is 0 Å². The van der Waals surface area contributed by atoms with Gasteiger partial charge in [-0.2, -0.15) is 0 Å². The van der Waals surface area contributed by atoms with E-state index in [2.05, 4.69) is 0 Å². The van der Waals surface area contributed by atoms with Crippen molar-refractivity contribution in [1.82, 2.24) is 4.90 Å². The number of aliphatic hydroxyl groups excluding tert-OH is 1. The largest absolute Gasteiger partial charge is 0.478 e. The van der Waals surface area contributed by atoms with E-state index >= 15 is 0 Å². The number of urea groups is 1. The molecule has 0 bridgehead atoms. The summed E-state index contributed by atoms with van der Waals surface area (Å²) in [5.74, 6) is -0.769. The quantitative estimate of drug-likeness (QED) is 0.859. The smallest absolute Gasteiger partial charge is 0.346 e. The second-order valence-corrected chi connectivity index (χ2v) is 4.95. The number of carbonyl (C=O) groups is 2. The highest BCUT2D eigenvalue weighted by Crippen LogP contribution is 2.33. The number of nitrogens with zero attached hydrogens (tertiary/aromatic N) is 2. The van der Waals surface area contributed by atoms with Gasteiger partial charge in [-0.3, -0.25) is 4.90 Å². The maximum absolute atomic E-state index is 12.5. The standard InChI is InChI=1S/C14H18N2O5/c1-9(8-17)15(2)14(20)16-7-12(13(18)19)21-11-6-4-3-5-10(11)16/h3-6,9,12,17H,7-8H2,1-2H3,(H,18,19). The van der Waals surface area contributed by atoms with E-state index < -0.39 is 12.1 Å². The first-order valence-corrected chi connectivity index (χ1v) is 6.59. The van der Waals surface area contributed by atoms with Crippen LogP contribution in [0.1, 0.15) is 6.92 Å². The van der Waals surface area contributed by atoms with E-state index in [1.807, 2.05) is 0 Å². The molecule has 114 valence electrons. The van der Waals surface area contributed by atoms with E-state index in [9.17, 15) is 9.59 Å². The molecule has 21 heavy (non-hydrogen) atoms. The number of aliphatic hydroxyl groups is 1. The van der Waals surface area contributed by atoms with Crippen LogP contribution in [0.4, 0.5) is 10.5 Å². The molecular formula is C14H18N2O5. The zero-order valence-electron chi connectivity index (χ0n) is 11.9. The van der Waals surface area contributed by atoms with Gasteiger partial charge in [0.05, 0.1) is 24.9 Å². The van der Waals surface area contributed by atoms with Crippen molar-refractivity contribution in [3.8, 4) is 5.75 Å². The molecule has 0 aromatic heterocycles. The number of anilines is 1. The van der Waals surface area contributed by atoms with E-state index in [1.165, 1.54) is 9.80 Å². The molecule has 7 heteroatoms. The van der Waals surface area contributed by atoms with Crippen molar-refractivity contribution in [1.29, 1.82) is 0 Å². The number of aliphatic carboxylic acids is 1. The van der Waals surface area contributed by atoms with Gasteiger partial charge in [-0.05, 0) is 19.1 Å². The van der Waals surface area contributed by atoms with E-state index in [0.29, 0.717) is 11.4 Å². The maximum Gasteiger partial charge on any atom is 0.346 e. The molecule has 1 aliphatic rings. The molecule has 7 nitrogen and oxygen atoms in total. The van der Waals surface area contributed by atoms with Crippen LogP contribution in [-0.4, -0.2) is 59.5 Å². The first-order valence-electron chi connectivity index (χ1n) is 6.59. The van der Waals surface area contributed by atoms with E-state index in [0.717, 1.165) is 0 Å². The van der Waals surface area contributed by atoms with Gasteiger partial charge in [-0.1, -0.05) is 12.1 Å². The van der Waals surface area contributed by atoms with Crippen molar-refractivity contribution < 1.29 is 24.5 Å². The SMILES string of the molecule is CC(CO)N(C)C(=O)N1CC(C(=O)O)Oc2ccccc21. The summed E-state index contributed by atoms with van der Waals surface area (Å²) >= 11 is 0. The first kappa shape index (κ1) is 15.1. The number of hydrogen-bond donors (Lipinski definition) is 2. The number of carboxylic acids is 1. The van der Waals surface area contributed by atoms with Gasteiger partial charge in [0.25, 0.3) is 0 Å². The third-order valence-electron chi connectivity index (χ3n) is 3.51.